The second-order valence-electron chi connectivity index (χ2n) is 7.09. The van der Waals surface area contributed by atoms with Crippen LogP contribution < -0.4 is 4.90 Å². The van der Waals surface area contributed by atoms with Gasteiger partial charge in [0.15, 0.2) is 11.5 Å². The van der Waals surface area contributed by atoms with E-state index in [1.807, 2.05) is 61.3 Å². The number of benzene rings is 1. The van der Waals surface area contributed by atoms with Crippen LogP contribution in [0, 0.1) is 6.92 Å². The minimum atomic E-state index is 0.0217. The highest BCUT2D eigenvalue weighted by Gasteiger charge is 2.34. The van der Waals surface area contributed by atoms with E-state index in [1.165, 1.54) is 0 Å². The van der Waals surface area contributed by atoms with Crippen molar-refractivity contribution in [1.29, 1.82) is 0 Å². The van der Waals surface area contributed by atoms with Crippen molar-refractivity contribution in [2.24, 2.45) is 0 Å². The number of rotatable bonds is 3. The molecule has 4 heterocycles. The summed E-state index contributed by atoms with van der Waals surface area (Å²) in [5, 5.41) is 13.7. The Morgan fingerprint density at radius 3 is 2.86 bits per heavy atom. The first-order valence-electron chi connectivity index (χ1n) is 9.16. The van der Waals surface area contributed by atoms with Gasteiger partial charge in [0.2, 0.25) is 0 Å². The van der Waals surface area contributed by atoms with E-state index in [-0.39, 0.29) is 11.9 Å². The lowest BCUT2D eigenvalue weighted by Crippen LogP contribution is -2.60. The zero-order valence-corrected chi connectivity index (χ0v) is 15.6. The SMILES string of the molecule is Cc1nnc2ccc(N3CC(N(C)C(=O)c4ccc5ncccc5c4)C3)nn12. The molecule has 1 aromatic carbocycles. The second-order valence-corrected chi connectivity index (χ2v) is 7.09. The molecule has 0 N–H and O–H groups in total. The van der Waals surface area contributed by atoms with Gasteiger partial charge >= 0.3 is 0 Å². The van der Waals surface area contributed by atoms with E-state index in [4.69, 9.17) is 0 Å². The highest BCUT2D eigenvalue weighted by molar-refractivity contribution is 5.98. The first-order chi connectivity index (χ1) is 13.6. The molecule has 8 nitrogen and oxygen atoms in total. The van der Waals surface area contributed by atoms with Gasteiger partial charge in [-0.05, 0) is 43.3 Å². The van der Waals surface area contributed by atoms with E-state index in [9.17, 15) is 4.79 Å². The molecular formula is C20H19N7O. The minimum Gasteiger partial charge on any atom is -0.351 e. The Hall–Kier alpha value is -3.55. The fraction of sp³-hybridized carbons (Fsp3) is 0.250. The quantitative estimate of drug-likeness (QED) is 0.546. The predicted octanol–water partition coefficient (Wildman–Crippen LogP) is 1.94. The molecule has 0 aliphatic carbocycles. The van der Waals surface area contributed by atoms with Crippen molar-refractivity contribution in [3.63, 3.8) is 0 Å². The van der Waals surface area contributed by atoms with Gasteiger partial charge < -0.3 is 9.80 Å². The molecule has 0 atom stereocenters. The number of carbonyl (C=O) groups excluding carboxylic acids is 1. The number of aromatic nitrogens is 5. The summed E-state index contributed by atoms with van der Waals surface area (Å²) in [4.78, 5) is 21.2. The Bertz CT molecular complexity index is 1200. The standard InChI is InChI=1S/C20H19N7O/c1-13-22-23-18-7-8-19(24-27(13)18)26-11-16(12-26)25(2)20(28)15-5-6-17-14(10-15)4-3-9-21-17/h3-10,16H,11-12H2,1-2H3. The van der Waals surface area contributed by atoms with E-state index in [0.717, 1.165) is 41.3 Å². The van der Waals surface area contributed by atoms with Crippen molar-refractivity contribution in [3.05, 3.63) is 60.0 Å². The molecule has 0 bridgehead atoms. The second kappa shape index (κ2) is 6.26. The zero-order chi connectivity index (χ0) is 19.3. The molecule has 0 saturated carbocycles. The number of fused-ring (bicyclic) bond motifs is 2. The summed E-state index contributed by atoms with van der Waals surface area (Å²) in [6.45, 7) is 3.37. The highest BCUT2D eigenvalue weighted by Crippen LogP contribution is 2.23. The van der Waals surface area contributed by atoms with Crippen LogP contribution in [0.4, 0.5) is 5.82 Å². The predicted molar refractivity (Wildman–Crippen MR) is 105 cm³/mol. The third-order valence-electron chi connectivity index (χ3n) is 5.31. The lowest BCUT2D eigenvalue weighted by molar-refractivity contribution is 0.0705. The summed E-state index contributed by atoms with van der Waals surface area (Å²) in [7, 11) is 1.86. The van der Waals surface area contributed by atoms with Crippen LogP contribution in [-0.4, -0.2) is 61.8 Å². The number of pyridine rings is 1. The first-order valence-corrected chi connectivity index (χ1v) is 9.16. The maximum absolute atomic E-state index is 12.9. The molecule has 1 fully saturated rings. The Balaban J connectivity index is 1.30. The van der Waals surface area contributed by atoms with Crippen molar-refractivity contribution < 1.29 is 4.79 Å². The number of amides is 1. The van der Waals surface area contributed by atoms with Gasteiger partial charge in [-0.1, -0.05) is 6.07 Å². The van der Waals surface area contributed by atoms with Gasteiger partial charge in [0.1, 0.15) is 5.82 Å². The van der Waals surface area contributed by atoms with Crippen LogP contribution in [0.3, 0.4) is 0 Å². The number of hydrogen-bond acceptors (Lipinski definition) is 6. The molecule has 1 amide bonds. The average molecular weight is 373 g/mol. The van der Waals surface area contributed by atoms with Gasteiger partial charge in [-0.15, -0.1) is 15.3 Å². The number of nitrogens with zero attached hydrogens (tertiary/aromatic N) is 7. The monoisotopic (exact) mass is 373 g/mol. The fourth-order valence-corrected chi connectivity index (χ4v) is 3.52. The number of likely N-dealkylation sites (N-methyl/N-ethyl adjacent to an activating group) is 1. The van der Waals surface area contributed by atoms with Crippen LogP contribution in [0.15, 0.2) is 48.7 Å². The molecule has 0 unspecified atom stereocenters. The number of aryl methyl sites for hydroxylation is 1. The fourth-order valence-electron chi connectivity index (χ4n) is 3.52. The molecule has 8 heteroatoms. The molecule has 140 valence electrons. The molecule has 5 rings (SSSR count). The molecule has 3 aromatic heterocycles. The van der Waals surface area contributed by atoms with Gasteiger partial charge in [-0.25, -0.2) is 0 Å². The van der Waals surface area contributed by atoms with Crippen LogP contribution in [0.2, 0.25) is 0 Å². The smallest absolute Gasteiger partial charge is 0.253 e. The average Bonchev–Trinajstić information content (AvgIpc) is 3.06. The molecule has 0 radical (unpaired) electrons. The molecule has 0 spiro atoms. The molecule has 1 aliphatic rings. The van der Waals surface area contributed by atoms with Crippen LogP contribution in [-0.2, 0) is 0 Å². The van der Waals surface area contributed by atoms with Gasteiger partial charge in [-0.3, -0.25) is 9.78 Å². The third-order valence-corrected chi connectivity index (χ3v) is 5.31. The van der Waals surface area contributed by atoms with Gasteiger partial charge in [0.25, 0.3) is 5.91 Å². The molecular weight excluding hydrogens is 354 g/mol. The summed E-state index contributed by atoms with van der Waals surface area (Å²) in [5.74, 6) is 1.64. The number of anilines is 1. The van der Waals surface area contributed by atoms with Crippen LogP contribution in [0.1, 0.15) is 16.2 Å². The van der Waals surface area contributed by atoms with Gasteiger partial charge in [0, 0.05) is 37.3 Å². The Morgan fingerprint density at radius 2 is 2.00 bits per heavy atom. The first kappa shape index (κ1) is 16.6. The van der Waals surface area contributed by atoms with Gasteiger partial charge in [-0.2, -0.15) is 4.52 Å². The van der Waals surface area contributed by atoms with Crippen molar-refractivity contribution in [2.75, 3.05) is 25.0 Å². The third kappa shape index (κ3) is 2.65. The summed E-state index contributed by atoms with van der Waals surface area (Å²) >= 11 is 0. The van der Waals surface area contributed by atoms with E-state index < -0.39 is 0 Å². The Morgan fingerprint density at radius 1 is 1.14 bits per heavy atom. The van der Waals surface area contributed by atoms with Crippen LogP contribution in [0.25, 0.3) is 16.6 Å². The van der Waals surface area contributed by atoms with Gasteiger partial charge in [0.05, 0.1) is 11.6 Å². The molecule has 1 saturated heterocycles. The Labute approximate surface area is 161 Å². The summed E-state index contributed by atoms with van der Waals surface area (Å²) in [6, 6.07) is 13.5. The van der Waals surface area contributed by atoms with E-state index in [2.05, 4.69) is 25.2 Å². The van der Waals surface area contributed by atoms with E-state index >= 15 is 0 Å². The lowest BCUT2D eigenvalue weighted by Gasteiger charge is -2.44. The van der Waals surface area contributed by atoms with Crippen LogP contribution >= 0.6 is 0 Å². The normalized spacial score (nSPS) is 14.4. The van der Waals surface area contributed by atoms with Crippen molar-refractivity contribution in [2.45, 2.75) is 13.0 Å². The molecule has 28 heavy (non-hydrogen) atoms. The molecule has 4 aromatic rings. The van der Waals surface area contributed by atoms with E-state index in [0.29, 0.717) is 5.56 Å². The zero-order valence-electron chi connectivity index (χ0n) is 15.6. The van der Waals surface area contributed by atoms with Crippen molar-refractivity contribution >= 4 is 28.3 Å². The summed E-state index contributed by atoms with van der Waals surface area (Å²) < 4.78 is 1.74. The minimum absolute atomic E-state index is 0.0217. The topological polar surface area (TPSA) is 79.5 Å². The lowest BCUT2D eigenvalue weighted by atomic mass is 10.1. The summed E-state index contributed by atoms with van der Waals surface area (Å²) in [6.07, 6.45) is 1.76. The van der Waals surface area contributed by atoms with Crippen molar-refractivity contribution in [1.82, 2.24) is 29.7 Å². The summed E-state index contributed by atoms with van der Waals surface area (Å²) in [5.41, 5.74) is 2.31. The van der Waals surface area contributed by atoms with Crippen LogP contribution in [0.5, 0.6) is 0 Å². The number of hydrogen-bond donors (Lipinski definition) is 0. The number of carbonyl (C=O) groups is 1. The highest BCUT2D eigenvalue weighted by atomic mass is 16.2. The largest absolute Gasteiger partial charge is 0.351 e. The maximum atomic E-state index is 12.9. The Kier molecular flexibility index (Phi) is 3.71. The maximum Gasteiger partial charge on any atom is 0.253 e. The van der Waals surface area contributed by atoms with Crippen molar-refractivity contribution in [3.8, 4) is 0 Å². The van der Waals surface area contributed by atoms with E-state index in [1.54, 1.807) is 10.7 Å². The molecule has 1 aliphatic heterocycles.